The maximum absolute atomic E-state index is 12.8. The van der Waals surface area contributed by atoms with Gasteiger partial charge in [-0.3, -0.25) is 34.3 Å². The van der Waals surface area contributed by atoms with E-state index in [0.29, 0.717) is 17.8 Å². The Labute approximate surface area is 202 Å². The lowest BCUT2D eigenvalue weighted by atomic mass is 9.74. The Kier molecular flexibility index (Phi) is 6.75. The van der Waals surface area contributed by atoms with E-state index >= 15 is 0 Å². The van der Waals surface area contributed by atoms with Gasteiger partial charge >= 0.3 is 12.1 Å². The molecule has 4 aliphatic heterocycles. The second kappa shape index (κ2) is 9.50. The number of fused-ring (bicyclic) bond motifs is 1. The summed E-state index contributed by atoms with van der Waals surface area (Å²) in [6, 6.07) is 3.85. The third-order valence-electron chi connectivity index (χ3n) is 6.45. The lowest BCUT2D eigenvalue weighted by molar-refractivity contribution is -0.192. The molecule has 3 saturated heterocycles. The van der Waals surface area contributed by atoms with Gasteiger partial charge in [-0.25, -0.2) is 4.79 Å². The number of imide groups is 2. The van der Waals surface area contributed by atoms with E-state index in [9.17, 15) is 32.3 Å². The number of likely N-dealkylation sites (tertiary alicyclic amines) is 1. The number of amides is 4. The number of piperidine rings is 1. The first-order valence-corrected chi connectivity index (χ1v) is 11.1. The van der Waals surface area contributed by atoms with Gasteiger partial charge in [0, 0.05) is 44.6 Å². The van der Waals surface area contributed by atoms with E-state index in [2.05, 4.69) is 15.5 Å². The molecule has 14 heteroatoms. The van der Waals surface area contributed by atoms with Crippen molar-refractivity contribution >= 4 is 29.6 Å². The van der Waals surface area contributed by atoms with Crippen molar-refractivity contribution in [3.63, 3.8) is 0 Å². The summed E-state index contributed by atoms with van der Waals surface area (Å²) in [5.74, 6) is -4.26. The molecule has 11 nitrogen and oxygen atoms in total. The third-order valence-corrected chi connectivity index (χ3v) is 6.45. The van der Waals surface area contributed by atoms with Crippen LogP contribution < -0.4 is 15.4 Å². The minimum atomic E-state index is -5.08. The fourth-order valence-electron chi connectivity index (χ4n) is 4.60. The molecule has 4 amide bonds. The topological polar surface area (TPSA) is 145 Å². The summed E-state index contributed by atoms with van der Waals surface area (Å²) in [6.45, 7) is 5.67. The first-order valence-electron chi connectivity index (χ1n) is 11.1. The number of carboxylic acids is 1. The van der Waals surface area contributed by atoms with Crippen molar-refractivity contribution in [1.29, 1.82) is 0 Å². The lowest BCUT2D eigenvalue weighted by Gasteiger charge is -2.56. The number of rotatable bonds is 5. The van der Waals surface area contributed by atoms with Crippen LogP contribution in [0.15, 0.2) is 18.2 Å². The smallest absolute Gasteiger partial charge is 0.490 e. The summed E-state index contributed by atoms with van der Waals surface area (Å²) in [5.41, 5.74) is 0.967. The van der Waals surface area contributed by atoms with Gasteiger partial charge in [-0.15, -0.1) is 0 Å². The molecule has 3 fully saturated rings. The van der Waals surface area contributed by atoms with Gasteiger partial charge in [-0.05, 0) is 24.6 Å². The average Bonchev–Trinajstić information content (AvgIpc) is 2.98. The highest BCUT2D eigenvalue weighted by atomic mass is 19.4. The van der Waals surface area contributed by atoms with Crippen molar-refractivity contribution in [2.45, 2.75) is 25.1 Å². The van der Waals surface area contributed by atoms with Gasteiger partial charge in [-0.1, -0.05) is 0 Å². The monoisotopic (exact) mass is 512 g/mol. The summed E-state index contributed by atoms with van der Waals surface area (Å²) in [5, 5.41) is 12.6. The lowest BCUT2D eigenvalue weighted by Crippen LogP contribution is -2.71. The molecule has 1 aromatic rings. The van der Waals surface area contributed by atoms with Crippen LogP contribution in [0.5, 0.6) is 5.75 Å². The van der Waals surface area contributed by atoms with Crippen molar-refractivity contribution in [3.8, 4) is 5.75 Å². The highest BCUT2D eigenvalue weighted by Crippen LogP contribution is 2.34. The van der Waals surface area contributed by atoms with Crippen molar-refractivity contribution < 1.29 is 47.0 Å². The molecule has 0 bridgehead atoms. The number of aliphatic carboxylic acids is 1. The Bertz CT molecular complexity index is 1110. The van der Waals surface area contributed by atoms with Crippen LogP contribution in [-0.2, 0) is 14.4 Å². The predicted molar refractivity (Wildman–Crippen MR) is 114 cm³/mol. The molecule has 5 rings (SSSR count). The van der Waals surface area contributed by atoms with Gasteiger partial charge in [0.1, 0.15) is 18.4 Å². The molecule has 194 valence electrons. The van der Waals surface area contributed by atoms with E-state index in [4.69, 9.17) is 14.6 Å². The molecule has 1 spiro atoms. The summed E-state index contributed by atoms with van der Waals surface area (Å²) in [7, 11) is 0. The maximum Gasteiger partial charge on any atom is 0.490 e. The first kappa shape index (κ1) is 25.6. The summed E-state index contributed by atoms with van der Waals surface area (Å²) < 4.78 is 37.5. The van der Waals surface area contributed by atoms with Gasteiger partial charge in [0.15, 0.2) is 0 Å². The van der Waals surface area contributed by atoms with Gasteiger partial charge in [0.25, 0.3) is 11.8 Å². The van der Waals surface area contributed by atoms with E-state index in [1.807, 2.05) is 0 Å². The normalized spacial score (nSPS) is 22.8. The van der Waals surface area contributed by atoms with Crippen LogP contribution in [0.25, 0.3) is 0 Å². The molecular formula is C22H23F3N4O7. The molecule has 3 N–H and O–H groups in total. The number of carboxylic acid groups (broad SMARTS) is 1. The Morgan fingerprint density at radius 2 is 1.75 bits per heavy atom. The number of benzene rings is 1. The van der Waals surface area contributed by atoms with Crippen LogP contribution in [0, 0.1) is 5.41 Å². The fraction of sp³-hybridized carbons (Fsp3) is 0.500. The zero-order valence-electron chi connectivity index (χ0n) is 18.9. The zero-order valence-corrected chi connectivity index (χ0v) is 18.9. The highest BCUT2D eigenvalue weighted by molar-refractivity contribution is 6.23. The van der Waals surface area contributed by atoms with Gasteiger partial charge in [-0.2, -0.15) is 13.2 Å². The molecule has 4 aliphatic rings. The molecule has 1 atom stereocenters. The third kappa shape index (κ3) is 5.04. The standard InChI is InChI=1S/C20H22N4O5.C2HF3O2/c25-16-4-3-15(17(26)22-16)24-18(27)13-2-1-12(7-14(13)19(24)28)29-6-5-23-10-20(11-23)8-21-9-20;3-2(4,5)1(6)7/h1-2,7,15,21H,3-6,8-11H2,(H,22,25,26);(H,6,7). The van der Waals surface area contributed by atoms with Crippen LogP contribution >= 0.6 is 0 Å². The Morgan fingerprint density at radius 1 is 1.11 bits per heavy atom. The number of nitrogens with zero attached hydrogens (tertiary/aromatic N) is 2. The van der Waals surface area contributed by atoms with E-state index in [0.717, 1.165) is 37.6 Å². The second-order valence-electron chi connectivity index (χ2n) is 9.12. The first-order chi connectivity index (χ1) is 16.9. The van der Waals surface area contributed by atoms with E-state index in [-0.39, 0.29) is 29.9 Å². The molecular weight excluding hydrogens is 489 g/mol. The molecule has 4 heterocycles. The number of ether oxygens (including phenoxy) is 1. The minimum absolute atomic E-state index is 0.103. The molecule has 0 saturated carbocycles. The molecule has 1 unspecified atom stereocenters. The molecule has 36 heavy (non-hydrogen) atoms. The fourth-order valence-corrected chi connectivity index (χ4v) is 4.60. The molecule has 1 aromatic carbocycles. The maximum atomic E-state index is 12.8. The molecule has 0 aromatic heterocycles. The number of hydrogen-bond donors (Lipinski definition) is 3. The van der Waals surface area contributed by atoms with Crippen LogP contribution in [0.2, 0.25) is 0 Å². The van der Waals surface area contributed by atoms with Crippen molar-refractivity contribution in [3.05, 3.63) is 29.3 Å². The highest BCUT2D eigenvalue weighted by Gasteiger charge is 2.47. The predicted octanol–water partition coefficient (Wildman–Crippen LogP) is 0.00510. The van der Waals surface area contributed by atoms with E-state index in [1.165, 1.54) is 0 Å². The van der Waals surface area contributed by atoms with Crippen LogP contribution in [0.3, 0.4) is 0 Å². The number of nitrogens with one attached hydrogen (secondary N) is 2. The molecule has 0 aliphatic carbocycles. The minimum Gasteiger partial charge on any atom is -0.492 e. The number of carbonyl (C=O) groups is 5. The van der Waals surface area contributed by atoms with Gasteiger partial charge < -0.3 is 15.2 Å². The zero-order chi connectivity index (χ0) is 26.3. The Hall–Kier alpha value is -3.52. The molecule has 0 radical (unpaired) electrons. The van der Waals surface area contributed by atoms with Crippen LogP contribution in [0.4, 0.5) is 13.2 Å². The van der Waals surface area contributed by atoms with Crippen LogP contribution in [-0.4, -0.2) is 96.1 Å². The van der Waals surface area contributed by atoms with Gasteiger partial charge in [0.05, 0.1) is 11.1 Å². The van der Waals surface area contributed by atoms with Crippen LogP contribution in [0.1, 0.15) is 33.6 Å². The van der Waals surface area contributed by atoms with Crippen molar-refractivity contribution in [1.82, 2.24) is 20.4 Å². The number of hydrogen-bond acceptors (Lipinski definition) is 8. The number of halogens is 3. The largest absolute Gasteiger partial charge is 0.492 e. The Morgan fingerprint density at radius 3 is 2.31 bits per heavy atom. The van der Waals surface area contributed by atoms with Crippen molar-refractivity contribution in [2.75, 3.05) is 39.3 Å². The Balaban J connectivity index is 0.000000384. The average molecular weight is 512 g/mol. The summed E-state index contributed by atoms with van der Waals surface area (Å²) >= 11 is 0. The van der Waals surface area contributed by atoms with E-state index in [1.54, 1.807) is 18.2 Å². The number of carbonyl (C=O) groups excluding carboxylic acids is 4. The van der Waals surface area contributed by atoms with Crippen molar-refractivity contribution in [2.24, 2.45) is 5.41 Å². The SMILES string of the molecule is O=C(O)C(F)(F)F.O=C1CCC(N2C(=O)c3ccc(OCCN4CC5(CNC5)C4)cc3C2=O)C(=O)N1. The van der Waals surface area contributed by atoms with E-state index < -0.39 is 35.9 Å². The second-order valence-corrected chi connectivity index (χ2v) is 9.12. The quantitative estimate of drug-likeness (QED) is 0.465. The number of alkyl halides is 3. The summed E-state index contributed by atoms with van der Waals surface area (Å²) in [4.78, 5) is 61.1. The van der Waals surface area contributed by atoms with Gasteiger partial charge in [0.2, 0.25) is 11.8 Å². The summed E-state index contributed by atoms with van der Waals surface area (Å²) in [6.07, 6.45) is -4.83.